The Morgan fingerprint density at radius 1 is 0.909 bits per heavy atom. The third-order valence-corrected chi connectivity index (χ3v) is 6.75. The normalized spacial score (nSPS) is 13.5. The molecule has 0 unspecified atom stereocenters. The summed E-state index contributed by atoms with van der Waals surface area (Å²) in [6, 6.07) is 5.76. The lowest BCUT2D eigenvalue weighted by Crippen LogP contribution is -2.31. The van der Waals surface area contributed by atoms with Crippen molar-refractivity contribution in [3.05, 3.63) is 24.4 Å². The van der Waals surface area contributed by atoms with Crippen molar-refractivity contribution in [3.63, 3.8) is 0 Å². The Hall–Kier alpha value is -1.95. The van der Waals surface area contributed by atoms with Crippen molar-refractivity contribution >= 4 is 45.2 Å². The molecule has 182 valence electrons. The van der Waals surface area contributed by atoms with Gasteiger partial charge in [-0.3, -0.25) is 14.4 Å². The number of aromatic nitrogens is 1. The van der Waals surface area contributed by atoms with Gasteiger partial charge < -0.3 is 14.3 Å². The molecular weight excluding hydrogens is 468 g/mol. The zero-order valence-electron chi connectivity index (χ0n) is 18.6. The van der Waals surface area contributed by atoms with Crippen LogP contribution >= 0.6 is 21.6 Å². The van der Waals surface area contributed by atoms with Gasteiger partial charge >= 0.3 is 5.97 Å². The second-order valence-corrected chi connectivity index (χ2v) is 9.63. The third kappa shape index (κ3) is 12.2. The molecule has 33 heavy (non-hydrogen) atoms. The van der Waals surface area contributed by atoms with Crippen molar-refractivity contribution in [2.75, 3.05) is 32.2 Å². The molecule has 11 heteroatoms. The van der Waals surface area contributed by atoms with Gasteiger partial charge in [-0.15, -0.1) is 5.06 Å². The first-order valence-corrected chi connectivity index (χ1v) is 13.3. The molecule has 1 aliphatic rings. The van der Waals surface area contributed by atoms with Crippen LogP contribution in [0.4, 0.5) is 0 Å². The van der Waals surface area contributed by atoms with E-state index in [2.05, 4.69) is 4.98 Å². The average molecular weight is 499 g/mol. The minimum atomic E-state index is -0.595. The molecule has 9 nitrogen and oxygen atoms in total. The van der Waals surface area contributed by atoms with E-state index in [9.17, 15) is 19.2 Å². The predicted molar refractivity (Wildman–Crippen MR) is 124 cm³/mol. The van der Waals surface area contributed by atoms with Crippen LogP contribution in [0.3, 0.4) is 0 Å². The molecule has 1 aromatic rings. The number of rotatable bonds is 18. The van der Waals surface area contributed by atoms with Crippen LogP contribution in [0.2, 0.25) is 0 Å². The topological polar surface area (TPSA) is 112 Å². The molecule has 0 saturated carbocycles. The second kappa shape index (κ2) is 16.6. The molecule has 1 aromatic heterocycles. The van der Waals surface area contributed by atoms with Crippen molar-refractivity contribution in [2.24, 2.45) is 0 Å². The Kier molecular flexibility index (Phi) is 13.8. The lowest BCUT2D eigenvalue weighted by Gasteiger charge is -2.12. The van der Waals surface area contributed by atoms with Crippen LogP contribution in [-0.4, -0.2) is 65.8 Å². The summed E-state index contributed by atoms with van der Waals surface area (Å²) < 4.78 is 10.9. The average Bonchev–Trinajstić information content (AvgIpc) is 3.13. The predicted octanol–water partition coefficient (Wildman–Crippen LogP) is 3.37. The quantitative estimate of drug-likeness (QED) is 0.170. The SMILES string of the molecule is O=C(CCCOCCOCCCCC(=O)ON1C(=O)CCC1=O)CCSSc1ccccn1. The zero-order chi connectivity index (χ0) is 23.7. The first-order valence-electron chi connectivity index (χ1n) is 11.0. The standard InChI is InChI=1S/C22H30N2O7S2/c25-18(11-17-32-33-19-7-1-3-12-23-19)6-5-14-30-16-15-29-13-4-2-8-22(28)31-24-20(26)9-10-21(24)27/h1,3,7,12H,2,4-6,8-11,13-17H2. The van der Waals surface area contributed by atoms with Gasteiger partial charge in [-0.05, 0) is 42.2 Å². The highest BCUT2D eigenvalue weighted by Crippen LogP contribution is 2.29. The van der Waals surface area contributed by atoms with Crippen molar-refractivity contribution < 1.29 is 33.5 Å². The number of amides is 2. The molecule has 2 amide bonds. The first kappa shape index (κ1) is 27.3. The summed E-state index contributed by atoms with van der Waals surface area (Å²) in [5, 5.41) is 1.51. The molecule has 2 heterocycles. The number of hydroxylamine groups is 2. The van der Waals surface area contributed by atoms with Crippen LogP contribution in [0.1, 0.15) is 51.4 Å². The maximum atomic E-state index is 11.9. The van der Waals surface area contributed by atoms with Crippen molar-refractivity contribution in [1.29, 1.82) is 0 Å². The summed E-state index contributed by atoms with van der Waals surface area (Å²) in [6.45, 7) is 1.89. The fraction of sp³-hybridized carbons (Fsp3) is 0.591. The summed E-state index contributed by atoms with van der Waals surface area (Å²) in [7, 11) is 3.21. The Morgan fingerprint density at radius 2 is 1.64 bits per heavy atom. The van der Waals surface area contributed by atoms with Crippen molar-refractivity contribution in [2.45, 2.75) is 56.4 Å². The van der Waals surface area contributed by atoms with Gasteiger partial charge in [0.05, 0.1) is 13.2 Å². The zero-order valence-corrected chi connectivity index (χ0v) is 20.2. The van der Waals surface area contributed by atoms with Crippen LogP contribution in [0.25, 0.3) is 0 Å². The Balaban J connectivity index is 1.32. The van der Waals surface area contributed by atoms with Crippen LogP contribution in [0, 0.1) is 0 Å². The van der Waals surface area contributed by atoms with Gasteiger partial charge in [0, 0.05) is 57.3 Å². The van der Waals surface area contributed by atoms with Crippen LogP contribution < -0.4 is 0 Å². The molecule has 1 fully saturated rings. The Bertz CT molecular complexity index is 748. The molecule has 0 atom stereocenters. The van der Waals surface area contributed by atoms with E-state index in [1.54, 1.807) is 27.8 Å². The fourth-order valence-corrected chi connectivity index (χ4v) is 4.66. The number of imide groups is 1. The number of pyridine rings is 1. The van der Waals surface area contributed by atoms with E-state index in [0.29, 0.717) is 63.6 Å². The van der Waals surface area contributed by atoms with E-state index in [1.165, 1.54) is 0 Å². The van der Waals surface area contributed by atoms with Crippen LogP contribution in [0.15, 0.2) is 29.4 Å². The number of hydrogen-bond donors (Lipinski definition) is 0. The van der Waals surface area contributed by atoms with Gasteiger partial charge in [-0.25, -0.2) is 9.78 Å². The molecule has 0 aliphatic carbocycles. The molecule has 0 spiro atoms. The molecule has 1 aliphatic heterocycles. The summed E-state index contributed by atoms with van der Waals surface area (Å²) in [5.74, 6) is -0.546. The van der Waals surface area contributed by atoms with E-state index in [-0.39, 0.29) is 25.0 Å². The fourth-order valence-electron chi connectivity index (χ4n) is 2.75. The van der Waals surface area contributed by atoms with Crippen molar-refractivity contribution in [3.8, 4) is 0 Å². The third-order valence-electron chi connectivity index (χ3n) is 4.48. The summed E-state index contributed by atoms with van der Waals surface area (Å²) in [6.07, 6.45) is 5.00. The first-order chi connectivity index (χ1) is 16.1. The molecule has 1 saturated heterocycles. The second-order valence-electron chi connectivity index (χ2n) is 7.19. The van der Waals surface area contributed by atoms with E-state index in [4.69, 9.17) is 14.3 Å². The van der Waals surface area contributed by atoms with Gasteiger partial charge in [0.15, 0.2) is 0 Å². The number of nitrogens with zero attached hydrogens (tertiary/aromatic N) is 2. The molecule has 0 radical (unpaired) electrons. The van der Waals surface area contributed by atoms with Crippen LogP contribution in [0.5, 0.6) is 0 Å². The minimum absolute atomic E-state index is 0.0873. The number of unbranched alkanes of at least 4 members (excludes halogenated alkanes) is 1. The van der Waals surface area contributed by atoms with Crippen molar-refractivity contribution in [1.82, 2.24) is 10.0 Å². The smallest absolute Gasteiger partial charge is 0.333 e. The number of carbonyl (C=O) groups is 4. The van der Waals surface area contributed by atoms with Gasteiger partial charge in [0.2, 0.25) is 0 Å². The van der Waals surface area contributed by atoms with E-state index in [0.717, 1.165) is 10.8 Å². The lowest BCUT2D eigenvalue weighted by atomic mass is 10.2. The number of ether oxygens (including phenoxy) is 2. The monoisotopic (exact) mass is 498 g/mol. The number of hydrogen-bond acceptors (Lipinski definition) is 10. The molecule has 0 aromatic carbocycles. The largest absolute Gasteiger partial charge is 0.379 e. The van der Waals surface area contributed by atoms with Gasteiger partial charge in [-0.2, -0.15) is 0 Å². The number of ketones is 1. The summed E-state index contributed by atoms with van der Waals surface area (Å²) in [4.78, 5) is 55.3. The highest BCUT2D eigenvalue weighted by molar-refractivity contribution is 8.76. The number of Topliss-reactive ketones (excluding diaryl/α,β-unsaturated/α-hetero) is 1. The maximum Gasteiger partial charge on any atom is 0.333 e. The van der Waals surface area contributed by atoms with Gasteiger partial charge in [0.1, 0.15) is 10.8 Å². The summed E-state index contributed by atoms with van der Waals surface area (Å²) in [5.41, 5.74) is 0. The van der Waals surface area contributed by atoms with E-state index >= 15 is 0 Å². The van der Waals surface area contributed by atoms with Gasteiger partial charge in [-0.1, -0.05) is 16.9 Å². The van der Waals surface area contributed by atoms with Gasteiger partial charge in [0.25, 0.3) is 11.8 Å². The highest BCUT2D eigenvalue weighted by atomic mass is 33.1. The molecule has 2 rings (SSSR count). The molecule has 0 N–H and O–H groups in total. The minimum Gasteiger partial charge on any atom is -0.379 e. The molecular formula is C22H30N2O7S2. The lowest BCUT2D eigenvalue weighted by molar-refractivity contribution is -0.197. The van der Waals surface area contributed by atoms with E-state index in [1.807, 2.05) is 18.2 Å². The van der Waals surface area contributed by atoms with Crippen LogP contribution in [-0.2, 0) is 33.5 Å². The molecule has 0 bridgehead atoms. The number of carbonyl (C=O) groups excluding carboxylic acids is 4. The maximum absolute atomic E-state index is 11.9. The summed E-state index contributed by atoms with van der Waals surface area (Å²) >= 11 is 0. The Morgan fingerprint density at radius 3 is 2.33 bits per heavy atom. The highest BCUT2D eigenvalue weighted by Gasteiger charge is 2.32. The Labute approximate surface area is 201 Å². The van der Waals surface area contributed by atoms with E-state index < -0.39 is 17.8 Å².